The lowest BCUT2D eigenvalue weighted by molar-refractivity contribution is -0.137. The molecule has 1 aliphatic rings. The average Bonchev–Trinajstić information content (AvgIpc) is 2.78. The number of hydrogen-bond donors (Lipinski definition) is 3. The number of hydroxylamine groups is 1. The largest absolute Gasteiger partial charge is 0.416 e. The fourth-order valence-electron chi connectivity index (χ4n) is 4.03. The number of sulfonamides is 1. The van der Waals surface area contributed by atoms with Gasteiger partial charge in [-0.2, -0.15) is 13.2 Å². The van der Waals surface area contributed by atoms with E-state index in [1.54, 1.807) is 13.8 Å². The van der Waals surface area contributed by atoms with Crippen LogP contribution in [0.4, 0.5) is 13.2 Å². The van der Waals surface area contributed by atoms with E-state index in [0.29, 0.717) is 19.5 Å². The van der Waals surface area contributed by atoms with Gasteiger partial charge in [-0.25, -0.2) is 8.42 Å². The van der Waals surface area contributed by atoms with Crippen LogP contribution in [0.5, 0.6) is 0 Å². The molecule has 2 aromatic rings. The fourth-order valence-corrected chi connectivity index (χ4v) is 6.10. The van der Waals surface area contributed by atoms with Gasteiger partial charge in [-0.3, -0.25) is 10.2 Å². The first-order chi connectivity index (χ1) is 16.3. The van der Waals surface area contributed by atoms with Gasteiger partial charge >= 0.3 is 6.18 Å². The number of alkyl halides is 3. The molecular weight excluding hydrogens is 505 g/mol. The van der Waals surface area contributed by atoms with E-state index in [1.807, 2.05) is 0 Å². The first-order valence-electron chi connectivity index (χ1n) is 11.0. The average molecular weight is 533 g/mol. The highest BCUT2D eigenvalue weighted by atomic mass is 35.5. The Balaban J connectivity index is 1.93. The Morgan fingerprint density at radius 3 is 2.60 bits per heavy atom. The number of nitrogens with one attached hydrogen (secondary N) is 2. The van der Waals surface area contributed by atoms with Crippen molar-refractivity contribution >= 4 is 27.5 Å². The highest BCUT2D eigenvalue weighted by Gasteiger charge is 2.35. The monoisotopic (exact) mass is 532 g/mol. The van der Waals surface area contributed by atoms with Gasteiger partial charge in [0.2, 0.25) is 0 Å². The predicted octanol–water partition coefficient (Wildman–Crippen LogP) is 4.52. The Hall–Kier alpha value is -2.18. The van der Waals surface area contributed by atoms with Gasteiger partial charge in [-0.05, 0) is 56.5 Å². The quantitative estimate of drug-likeness (QED) is 0.263. The van der Waals surface area contributed by atoms with E-state index >= 15 is 0 Å². The van der Waals surface area contributed by atoms with Crippen LogP contribution >= 0.6 is 11.6 Å². The second-order valence-corrected chi connectivity index (χ2v) is 10.8. The molecule has 3 rings (SSSR count). The zero-order chi connectivity index (χ0) is 26.0. The van der Waals surface area contributed by atoms with E-state index in [2.05, 4.69) is 5.32 Å². The highest BCUT2D eigenvalue weighted by Crippen LogP contribution is 2.38. The molecule has 0 aliphatic carbocycles. The van der Waals surface area contributed by atoms with Crippen molar-refractivity contribution in [3.8, 4) is 11.1 Å². The molecule has 1 heterocycles. The SMILES string of the molecule is CC(C)N(OCC1CCNCC1C(=N)N)S(=O)(=O)c1cccc(-c2cccc(C(F)(F)F)c2)c1Cl. The van der Waals surface area contributed by atoms with Crippen LogP contribution < -0.4 is 11.1 Å². The third-order valence-corrected chi connectivity index (χ3v) is 8.26. The van der Waals surface area contributed by atoms with Gasteiger partial charge in [0.1, 0.15) is 4.90 Å². The van der Waals surface area contributed by atoms with Gasteiger partial charge in [-0.1, -0.05) is 40.3 Å². The molecule has 12 heteroatoms. The molecule has 0 aromatic heterocycles. The Morgan fingerprint density at radius 1 is 1.29 bits per heavy atom. The van der Waals surface area contributed by atoms with Gasteiger partial charge < -0.3 is 11.1 Å². The second kappa shape index (κ2) is 10.8. The Kier molecular flexibility index (Phi) is 8.48. The maximum atomic E-state index is 13.5. The van der Waals surface area contributed by atoms with Crippen LogP contribution in [0.15, 0.2) is 47.4 Å². The molecule has 2 atom stereocenters. The summed E-state index contributed by atoms with van der Waals surface area (Å²) in [6, 6.07) is 8.10. The minimum Gasteiger partial charge on any atom is -0.387 e. The molecular formula is C23H28ClF3N4O3S. The number of nitrogens with two attached hydrogens (primary N) is 1. The van der Waals surface area contributed by atoms with Crippen molar-refractivity contribution in [3.05, 3.63) is 53.1 Å². The molecule has 0 radical (unpaired) electrons. The van der Waals surface area contributed by atoms with Gasteiger partial charge in [0.25, 0.3) is 10.0 Å². The van der Waals surface area contributed by atoms with Crippen molar-refractivity contribution in [1.29, 1.82) is 5.41 Å². The van der Waals surface area contributed by atoms with Gasteiger partial charge in [0.05, 0.1) is 23.0 Å². The predicted molar refractivity (Wildman–Crippen MR) is 128 cm³/mol. The maximum absolute atomic E-state index is 13.5. The first kappa shape index (κ1) is 27.4. The summed E-state index contributed by atoms with van der Waals surface area (Å²) in [6.07, 6.45) is -3.90. The number of rotatable bonds is 8. The number of piperidine rings is 1. The third-order valence-electron chi connectivity index (χ3n) is 5.84. The number of hydrogen-bond acceptors (Lipinski definition) is 5. The molecule has 1 saturated heterocycles. The molecule has 1 fully saturated rings. The second-order valence-electron chi connectivity index (χ2n) is 8.66. The van der Waals surface area contributed by atoms with Gasteiger partial charge in [0.15, 0.2) is 0 Å². The van der Waals surface area contributed by atoms with E-state index in [9.17, 15) is 21.6 Å². The topological polar surface area (TPSA) is 109 Å². The first-order valence-corrected chi connectivity index (χ1v) is 12.8. The molecule has 0 spiro atoms. The normalized spacial score (nSPS) is 19.3. The van der Waals surface area contributed by atoms with E-state index in [-0.39, 0.29) is 45.3 Å². The summed E-state index contributed by atoms with van der Waals surface area (Å²) in [5.74, 6) is -0.438. The molecule has 0 saturated carbocycles. The summed E-state index contributed by atoms with van der Waals surface area (Å²) in [5.41, 5.74) is 5.12. The standard InChI is InChI=1S/C23H28ClF3N4O3S/c1-14(2)31(34-13-16-9-10-30-12-19(16)22(28)29)35(32,33)20-8-4-7-18(21(20)24)15-5-3-6-17(11-15)23(25,26)27/h3-8,11,14,16,19,30H,9-10,12-13H2,1-2H3,(H3,28,29). The minimum atomic E-state index is -4.55. The molecule has 0 amide bonds. The van der Waals surface area contributed by atoms with Crippen molar-refractivity contribution in [2.75, 3.05) is 19.7 Å². The van der Waals surface area contributed by atoms with E-state index < -0.39 is 27.8 Å². The summed E-state index contributed by atoms with van der Waals surface area (Å²) in [4.78, 5) is 5.48. The highest BCUT2D eigenvalue weighted by molar-refractivity contribution is 7.89. The van der Waals surface area contributed by atoms with Crippen molar-refractivity contribution < 1.29 is 26.4 Å². The van der Waals surface area contributed by atoms with Crippen molar-refractivity contribution in [2.45, 2.75) is 37.4 Å². The Bertz CT molecular complexity index is 1170. The zero-order valence-corrected chi connectivity index (χ0v) is 20.8. The molecule has 4 N–H and O–H groups in total. The lowest BCUT2D eigenvalue weighted by Crippen LogP contribution is -2.46. The summed E-state index contributed by atoms with van der Waals surface area (Å²) < 4.78 is 67.5. The summed E-state index contributed by atoms with van der Waals surface area (Å²) in [7, 11) is -4.28. The molecule has 2 aromatic carbocycles. The van der Waals surface area contributed by atoms with Crippen molar-refractivity contribution in [1.82, 2.24) is 9.79 Å². The third kappa shape index (κ3) is 6.15. The van der Waals surface area contributed by atoms with Crippen molar-refractivity contribution in [3.63, 3.8) is 0 Å². The molecule has 35 heavy (non-hydrogen) atoms. The van der Waals surface area contributed by atoms with E-state index in [1.165, 1.54) is 30.3 Å². The Labute approximate surface area is 207 Å². The lowest BCUT2D eigenvalue weighted by Gasteiger charge is -2.33. The fraction of sp³-hybridized carbons (Fsp3) is 0.435. The maximum Gasteiger partial charge on any atom is 0.416 e. The molecule has 1 aliphatic heterocycles. The van der Waals surface area contributed by atoms with Crippen molar-refractivity contribution in [2.24, 2.45) is 17.6 Å². The smallest absolute Gasteiger partial charge is 0.387 e. The zero-order valence-electron chi connectivity index (χ0n) is 19.3. The number of amidine groups is 1. The number of nitrogens with zero attached hydrogens (tertiary/aromatic N) is 1. The summed E-state index contributed by atoms with van der Waals surface area (Å²) in [6.45, 7) is 4.48. The van der Waals surface area contributed by atoms with Crippen LogP contribution in [0.25, 0.3) is 11.1 Å². The van der Waals surface area contributed by atoms with Crippen LogP contribution in [-0.4, -0.2) is 44.5 Å². The molecule has 192 valence electrons. The molecule has 2 unspecified atom stereocenters. The van der Waals surface area contributed by atoms with Crippen LogP contribution in [0.2, 0.25) is 5.02 Å². The molecule has 7 nitrogen and oxygen atoms in total. The van der Waals surface area contributed by atoms with Crippen LogP contribution in [0, 0.1) is 17.2 Å². The van der Waals surface area contributed by atoms with Crippen LogP contribution in [0.1, 0.15) is 25.8 Å². The number of benzene rings is 2. The number of halogens is 4. The summed E-state index contributed by atoms with van der Waals surface area (Å²) in [5, 5.41) is 10.8. The Morgan fingerprint density at radius 2 is 1.97 bits per heavy atom. The summed E-state index contributed by atoms with van der Waals surface area (Å²) >= 11 is 6.46. The minimum absolute atomic E-state index is 0.00147. The lowest BCUT2D eigenvalue weighted by atomic mass is 9.86. The van der Waals surface area contributed by atoms with Gasteiger partial charge in [-0.15, -0.1) is 0 Å². The molecule has 0 bridgehead atoms. The van der Waals surface area contributed by atoms with E-state index in [0.717, 1.165) is 16.6 Å². The van der Waals surface area contributed by atoms with Crippen LogP contribution in [0.3, 0.4) is 0 Å². The van der Waals surface area contributed by atoms with E-state index in [4.69, 9.17) is 27.6 Å². The van der Waals surface area contributed by atoms with Crippen LogP contribution in [-0.2, 0) is 21.0 Å². The van der Waals surface area contributed by atoms with Gasteiger partial charge in [0, 0.05) is 24.1 Å².